The van der Waals surface area contributed by atoms with Crippen molar-refractivity contribution in [3.63, 3.8) is 0 Å². The summed E-state index contributed by atoms with van der Waals surface area (Å²) in [5.41, 5.74) is 0. The summed E-state index contributed by atoms with van der Waals surface area (Å²) >= 11 is 6.40. The molecule has 0 aliphatic rings. The summed E-state index contributed by atoms with van der Waals surface area (Å²) in [7, 11) is 0. The molecule has 0 aromatic rings. The van der Waals surface area contributed by atoms with Gasteiger partial charge in [0, 0.05) is 4.83 Å². The predicted molar refractivity (Wildman–Crippen MR) is 48.0 cm³/mol. The molecule has 0 heterocycles. The van der Waals surface area contributed by atoms with E-state index in [4.69, 9.17) is 5.11 Å². The highest BCUT2D eigenvalue weighted by atomic mass is 79.9. The molecule has 0 aromatic heterocycles. The van der Waals surface area contributed by atoms with Crippen LogP contribution < -0.4 is 0 Å². The molecule has 0 saturated heterocycles. The number of carboxylic acids is 1. The topological polar surface area (TPSA) is 37.3 Å². The van der Waals surface area contributed by atoms with E-state index >= 15 is 0 Å². The number of aliphatic carboxylic acids is 1. The molecule has 0 spiro atoms. The third-order valence-electron chi connectivity index (χ3n) is 1.50. The van der Waals surface area contributed by atoms with Crippen molar-refractivity contribution in [2.45, 2.75) is 29.4 Å². The molecular weight excluding hydrogens is 264 g/mol. The van der Waals surface area contributed by atoms with Gasteiger partial charge in [0.2, 0.25) is 0 Å². The molecule has 0 saturated carbocycles. The smallest absolute Gasteiger partial charge is 0.321 e. The summed E-state index contributed by atoms with van der Waals surface area (Å²) in [6.45, 7) is 3.65. The molecule has 0 bridgehead atoms. The number of carboxylic acid groups (broad SMARTS) is 1. The van der Waals surface area contributed by atoms with Crippen molar-refractivity contribution in [2.24, 2.45) is 0 Å². The number of hydrogen-bond donors (Lipinski definition) is 1. The molecular formula is C6H10Br2O2. The van der Waals surface area contributed by atoms with Crippen LogP contribution in [0.3, 0.4) is 0 Å². The van der Waals surface area contributed by atoms with Crippen LogP contribution in [-0.2, 0) is 4.79 Å². The summed E-state index contributed by atoms with van der Waals surface area (Å²) in [4.78, 5) is 10.5. The van der Waals surface area contributed by atoms with Crippen molar-refractivity contribution < 1.29 is 9.90 Å². The highest BCUT2D eigenvalue weighted by Crippen LogP contribution is 2.31. The van der Waals surface area contributed by atoms with E-state index < -0.39 is 10.3 Å². The van der Waals surface area contributed by atoms with Gasteiger partial charge in [0.05, 0.1) is 0 Å². The third-order valence-corrected chi connectivity index (χ3v) is 4.48. The van der Waals surface area contributed by atoms with E-state index in [1.54, 1.807) is 0 Å². The molecule has 0 rings (SSSR count). The van der Waals surface area contributed by atoms with Gasteiger partial charge in [-0.15, -0.1) is 0 Å². The Bertz CT molecular complexity index is 136. The minimum Gasteiger partial charge on any atom is -0.480 e. The van der Waals surface area contributed by atoms with E-state index in [1.807, 2.05) is 13.8 Å². The van der Waals surface area contributed by atoms with E-state index in [0.29, 0.717) is 6.42 Å². The van der Waals surface area contributed by atoms with E-state index in [2.05, 4.69) is 31.9 Å². The highest BCUT2D eigenvalue weighted by molar-refractivity contribution is 9.12. The lowest BCUT2D eigenvalue weighted by Gasteiger charge is -2.23. The number of hydrogen-bond acceptors (Lipinski definition) is 1. The number of halogens is 2. The van der Waals surface area contributed by atoms with Crippen molar-refractivity contribution in [3.8, 4) is 0 Å². The molecule has 0 radical (unpaired) electrons. The SMILES string of the molecule is CC[C@@](Br)(C(=O)O)[C@@H](C)Br. The molecule has 0 fully saturated rings. The maximum Gasteiger partial charge on any atom is 0.321 e. The third kappa shape index (κ3) is 1.95. The van der Waals surface area contributed by atoms with Crippen LogP contribution >= 0.6 is 31.9 Å². The first-order valence-corrected chi connectivity index (χ1v) is 4.72. The van der Waals surface area contributed by atoms with E-state index in [9.17, 15) is 4.79 Å². The van der Waals surface area contributed by atoms with Gasteiger partial charge in [-0.25, -0.2) is 0 Å². The van der Waals surface area contributed by atoms with Gasteiger partial charge in [-0.3, -0.25) is 4.79 Å². The van der Waals surface area contributed by atoms with Gasteiger partial charge in [-0.05, 0) is 6.42 Å². The van der Waals surface area contributed by atoms with Crippen LogP contribution in [0, 0.1) is 0 Å². The summed E-state index contributed by atoms with van der Waals surface area (Å²) < 4.78 is -0.812. The Morgan fingerprint density at radius 2 is 2.20 bits per heavy atom. The Morgan fingerprint density at radius 3 is 2.20 bits per heavy atom. The van der Waals surface area contributed by atoms with Crippen LogP contribution in [0.5, 0.6) is 0 Å². The van der Waals surface area contributed by atoms with Crippen molar-refractivity contribution in [1.82, 2.24) is 0 Å². The molecule has 0 unspecified atom stereocenters. The van der Waals surface area contributed by atoms with E-state index in [1.165, 1.54) is 0 Å². The maximum absolute atomic E-state index is 10.6. The Labute approximate surface area is 77.3 Å². The van der Waals surface area contributed by atoms with Gasteiger partial charge in [0.25, 0.3) is 0 Å². The molecule has 2 atom stereocenters. The zero-order valence-corrected chi connectivity index (χ0v) is 9.07. The Balaban J connectivity index is 4.38. The zero-order valence-electron chi connectivity index (χ0n) is 5.90. The summed E-state index contributed by atoms with van der Waals surface area (Å²) in [6.07, 6.45) is 0.564. The second kappa shape index (κ2) is 3.72. The van der Waals surface area contributed by atoms with Gasteiger partial charge >= 0.3 is 5.97 Å². The van der Waals surface area contributed by atoms with Crippen molar-refractivity contribution in [2.75, 3.05) is 0 Å². The van der Waals surface area contributed by atoms with Crippen LogP contribution in [-0.4, -0.2) is 20.2 Å². The molecule has 0 amide bonds. The maximum atomic E-state index is 10.6. The average Bonchev–Trinajstić information content (AvgIpc) is 1.85. The fourth-order valence-electron chi connectivity index (χ4n) is 0.603. The lowest BCUT2D eigenvalue weighted by Crippen LogP contribution is -2.38. The first-order valence-electron chi connectivity index (χ1n) is 3.01. The average molecular weight is 274 g/mol. The zero-order chi connectivity index (χ0) is 8.36. The summed E-state index contributed by atoms with van der Waals surface area (Å²) in [5, 5.41) is 8.73. The molecule has 0 aromatic carbocycles. The fraction of sp³-hybridized carbons (Fsp3) is 0.833. The second-order valence-electron chi connectivity index (χ2n) is 2.14. The molecule has 1 N–H and O–H groups in total. The molecule has 2 nitrogen and oxygen atoms in total. The van der Waals surface area contributed by atoms with Crippen molar-refractivity contribution >= 4 is 37.8 Å². The Hall–Kier alpha value is 0.430. The minimum absolute atomic E-state index is 0.0671. The van der Waals surface area contributed by atoms with Gasteiger partial charge in [0.1, 0.15) is 4.32 Å². The molecule has 10 heavy (non-hydrogen) atoms. The molecule has 60 valence electrons. The minimum atomic E-state index is -0.820. The first-order chi connectivity index (χ1) is 4.45. The van der Waals surface area contributed by atoms with Crippen LogP contribution in [0.15, 0.2) is 0 Å². The van der Waals surface area contributed by atoms with Crippen LogP contribution in [0.4, 0.5) is 0 Å². The normalized spacial score (nSPS) is 19.6. The van der Waals surface area contributed by atoms with Crippen LogP contribution in [0.2, 0.25) is 0 Å². The largest absolute Gasteiger partial charge is 0.480 e. The van der Waals surface area contributed by atoms with E-state index in [-0.39, 0.29) is 4.83 Å². The number of carbonyl (C=O) groups is 1. The highest BCUT2D eigenvalue weighted by Gasteiger charge is 2.37. The quantitative estimate of drug-likeness (QED) is 0.802. The number of alkyl halides is 2. The monoisotopic (exact) mass is 272 g/mol. The van der Waals surface area contributed by atoms with Crippen LogP contribution in [0.1, 0.15) is 20.3 Å². The molecule has 4 heteroatoms. The lowest BCUT2D eigenvalue weighted by molar-refractivity contribution is -0.139. The summed E-state index contributed by atoms with van der Waals surface area (Å²) in [6, 6.07) is 0. The van der Waals surface area contributed by atoms with Crippen molar-refractivity contribution in [3.05, 3.63) is 0 Å². The Kier molecular flexibility index (Phi) is 3.88. The van der Waals surface area contributed by atoms with E-state index in [0.717, 1.165) is 0 Å². The standard InChI is InChI=1S/C6H10Br2O2/c1-3-6(8,4(2)7)5(9)10/h4H,3H2,1-2H3,(H,9,10)/t4-,6+/m1/s1. The van der Waals surface area contributed by atoms with Crippen molar-refractivity contribution in [1.29, 1.82) is 0 Å². The number of rotatable bonds is 3. The van der Waals surface area contributed by atoms with Gasteiger partial charge in [-0.2, -0.15) is 0 Å². The first kappa shape index (κ1) is 10.4. The lowest BCUT2D eigenvalue weighted by atomic mass is 10.0. The molecule has 0 aliphatic carbocycles. The summed E-state index contributed by atoms with van der Waals surface area (Å²) in [5.74, 6) is -0.820. The van der Waals surface area contributed by atoms with Gasteiger partial charge in [0.15, 0.2) is 0 Å². The van der Waals surface area contributed by atoms with Gasteiger partial charge in [-0.1, -0.05) is 45.7 Å². The second-order valence-corrected chi connectivity index (χ2v) is 4.93. The fourth-order valence-corrected chi connectivity index (χ4v) is 1.12. The predicted octanol–water partition coefficient (Wildman–Crippen LogP) is 2.40. The molecule has 0 aliphatic heterocycles. The van der Waals surface area contributed by atoms with Gasteiger partial charge < -0.3 is 5.11 Å². The van der Waals surface area contributed by atoms with Crippen LogP contribution in [0.25, 0.3) is 0 Å². The Morgan fingerprint density at radius 1 is 1.80 bits per heavy atom.